The van der Waals surface area contributed by atoms with E-state index in [4.69, 9.17) is 5.73 Å². The monoisotopic (exact) mass is 277 g/mol. The standard InChI is InChI=1S/C15H23N3O2/c1-15(2,3)12(16)9-13(19)18-11-7-5-6-10(8-11)14(20)17-4/h5-8,12H,9,16H2,1-4H3,(H,17,20)(H,18,19). The quantitative estimate of drug-likeness (QED) is 0.784. The average Bonchev–Trinajstić information content (AvgIpc) is 2.36. The molecule has 0 saturated heterocycles. The fraction of sp³-hybridized carbons (Fsp3) is 0.467. The van der Waals surface area contributed by atoms with Crippen LogP contribution in [0.2, 0.25) is 0 Å². The van der Waals surface area contributed by atoms with Crippen molar-refractivity contribution >= 4 is 17.5 Å². The molecule has 0 aliphatic heterocycles. The molecule has 1 aromatic rings. The SMILES string of the molecule is CNC(=O)c1cccc(NC(=O)CC(N)C(C)(C)C)c1. The summed E-state index contributed by atoms with van der Waals surface area (Å²) in [4.78, 5) is 23.4. The minimum Gasteiger partial charge on any atom is -0.355 e. The summed E-state index contributed by atoms with van der Waals surface area (Å²) in [7, 11) is 1.57. The van der Waals surface area contributed by atoms with Crippen LogP contribution in [0.25, 0.3) is 0 Å². The zero-order valence-electron chi connectivity index (χ0n) is 12.5. The van der Waals surface area contributed by atoms with Gasteiger partial charge in [0.05, 0.1) is 0 Å². The molecule has 1 aromatic carbocycles. The van der Waals surface area contributed by atoms with E-state index >= 15 is 0 Å². The van der Waals surface area contributed by atoms with E-state index in [2.05, 4.69) is 10.6 Å². The highest BCUT2D eigenvalue weighted by Crippen LogP contribution is 2.20. The van der Waals surface area contributed by atoms with Crippen molar-refractivity contribution in [3.63, 3.8) is 0 Å². The summed E-state index contributed by atoms with van der Waals surface area (Å²) in [5.41, 5.74) is 6.96. The summed E-state index contributed by atoms with van der Waals surface area (Å²) in [6.07, 6.45) is 0.244. The molecule has 1 atom stereocenters. The van der Waals surface area contributed by atoms with Gasteiger partial charge in [-0.15, -0.1) is 0 Å². The van der Waals surface area contributed by atoms with Crippen molar-refractivity contribution in [2.24, 2.45) is 11.1 Å². The van der Waals surface area contributed by atoms with E-state index in [-0.39, 0.29) is 29.7 Å². The first-order valence-corrected chi connectivity index (χ1v) is 6.61. The Labute approximate surface area is 119 Å². The molecule has 4 N–H and O–H groups in total. The number of carbonyl (C=O) groups excluding carboxylic acids is 2. The van der Waals surface area contributed by atoms with E-state index in [0.29, 0.717) is 11.3 Å². The number of anilines is 1. The maximum absolute atomic E-state index is 11.9. The second-order valence-electron chi connectivity index (χ2n) is 5.88. The molecule has 5 nitrogen and oxygen atoms in total. The second kappa shape index (κ2) is 6.52. The van der Waals surface area contributed by atoms with Crippen molar-refractivity contribution < 1.29 is 9.59 Å². The molecule has 0 aliphatic rings. The highest BCUT2D eigenvalue weighted by atomic mass is 16.2. The van der Waals surface area contributed by atoms with Crippen molar-refractivity contribution in [3.05, 3.63) is 29.8 Å². The van der Waals surface area contributed by atoms with Crippen LogP contribution in [0.1, 0.15) is 37.6 Å². The number of benzene rings is 1. The smallest absolute Gasteiger partial charge is 0.251 e. The Morgan fingerprint density at radius 1 is 1.30 bits per heavy atom. The van der Waals surface area contributed by atoms with Gasteiger partial charge in [-0.3, -0.25) is 9.59 Å². The lowest BCUT2D eigenvalue weighted by Crippen LogP contribution is -2.38. The Hall–Kier alpha value is -1.88. The third-order valence-corrected chi connectivity index (χ3v) is 3.15. The predicted molar refractivity (Wildman–Crippen MR) is 80.5 cm³/mol. The molecule has 1 unspecified atom stereocenters. The van der Waals surface area contributed by atoms with Gasteiger partial charge in [-0.2, -0.15) is 0 Å². The Bertz CT molecular complexity index is 492. The molecule has 0 fully saturated rings. The van der Waals surface area contributed by atoms with E-state index in [1.54, 1.807) is 31.3 Å². The number of nitrogens with two attached hydrogens (primary N) is 1. The van der Waals surface area contributed by atoms with E-state index < -0.39 is 0 Å². The summed E-state index contributed by atoms with van der Waals surface area (Å²) in [5.74, 6) is -0.339. The second-order valence-corrected chi connectivity index (χ2v) is 5.88. The van der Waals surface area contributed by atoms with E-state index in [1.165, 1.54) is 0 Å². The molecule has 110 valence electrons. The van der Waals surface area contributed by atoms with Gasteiger partial charge in [-0.05, 0) is 23.6 Å². The van der Waals surface area contributed by atoms with Crippen LogP contribution in [0.4, 0.5) is 5.69 Å². The minimum absolute atomic E-state index is 0.124. The summed E-state index contributed by atoms with van der Waals surface area (Å²) < 4.78 is 0. The number of amides is 2. The normalized spacial score (nSPS) is 12.7. The van der Waals surface area contributed by atoms with Crippen LogP contribution in [0, 0.1) is 5.41 Å². The third kappa shape index (κ3) is 4.66. The zero-order chi connectivity index (χ0) is 15.3. The lowest BCUT2D eigenvalue weighted by Gasteiger charge is -2.26. The molecule has 0 aromatic heterocycles. The Morgan fingerprint density at radius 2 is 1.95 bits per heavy atom. The van der Waals surface area contributed by atoms with Gasteiger partial charge in [-0.25, -0.2) is 0 Å². The molecule has 0 saturated carbocycles. The predicted octanol–water partition coefficient (Wildman–Crippen LogP) is 1.75. The van der Waals surface area contributed by atoms with Crippen molar-refractivity contribution in [1.29, 1.82) is 0 Å². The van der Waals surface area contributed by atoms with Crippen LogP contribution < -0.4 is 16.4 Å². The third-order valence-electron chi connectivity index (χ3n) is 3.15. The van der Waals surface area contributed by atoms with Gasteiger partial charge in [0.2, 0.25) is 5.91 Å². The number of carbonyl (C=O) groups is 2. The molecule has 20 heavy (non-hydrogen) atoms. The van der Waals surface area contributed by atoms with Gasteiger partial charge in [0.1, 0.15) is 0 Å². The summed E-state index contributed by atoms with van der Waals surface area (Å²) in [6, 6.07) is 6.58. The molecule has 0 aliphatic carbocycles. The molecular weight excluding hydrogens is 254 g/mol. The number of hydrogen-bond donors (Lipinski definition) is 3. The fourth-order valence-electron chi connectivity index (χ4n) is 1.60. The molecule has 1 rings (SSSR count). The first kappa shape index (κ1) is 16.2. The van der Waals surface area contributed by atoms with Crippen molar-refractivity contribution in [2.45, 2.75) is 33.2 Å². The molecule has 0 radical (unpaired) electrons. The Morgan fingerprint density at radius 3 is 2.50 bits per heavy atom. The van der Waals surface area contributed by atoms with Crippen LogP contribution in [-0.2, 0) is 4.79 Å². The largest absolute Gasteiger partial charge is 0.355 e. The van der Waals surface area contributed by atoms with E-state index in [9.17, 15) is 9.59 Å². The number of hydrogen-bond acceptors (Lipinski definition) is 3. The van der Waals surface area contributed by atoms with Crippen LogP contribution >= 0.6 is 0 Å². The Balaban J connectivity index is 2.69. The van der Waals surface area contributed by atoms with Gasteiger partial charge in [0.25, 0.3) is 5.91 Å². The number of rotatable bonds is 4. The summed E-state index contributed by atoms with van der Waals surface area (Å²) in [6.45, 7) is 5.99. The van der Waals surface area contributed by atoms with Crippen LogP contribution in [0.15, 0.2) is 24.3 Å². The van der Waals surface area contributed by atoms with E-state index in [0.717, 1.165) is 0 Å². The Kier molecular flexibility index (Phi) is 5.27. The maximum atomic E-state index is 11.9. The van der Waals surface area contributed by atoms with Gasteiger partial charge in [-0.1, -0.05) is 26.8 Å². The molecule has 0 heterocycles. The lowest BCUT2D eigenvalue weighted by atomic mass is 9.85. The fourth-order valence-corrected chi connectivity index (χ4v) is 1.60. The maximum Gasteiger partial charge on any atom is 0.251 e. The van der Waals surface area contributed by atoms with Crippen LogP contribution in [0.3, 0.4) is 0 Å². The van der Waals surface area contributed by atoms with Gasteiger partial charge >= 0.3 is 0 Å². The van der Waals surface area contributed by atoms with Crippen molar-refractivity contribution in [2.75, 3.05) is 12.4 Å². The topological polar surface area (TPSA) is 84.2 Å². The van der Waals surface area contributed by atoms with E-state index in [1.807, 2.05) is 20.8 Å². The molecule has 0 spiro atoms. The van der Waals surface area contributed by atoms with Crippen LogP contribution in [-0.4, -0.2) is 24.9 Å². The van der Waals surface area contributed by atoms with Crippen LogP contribution in [0.5, 0.6) is 0 Å². The molecule has 2 amide bonds. The number of nitrogens with one attached hydrogen (secondary N) is 2. The first-order chi connectivity index (χ1) is 9.24. The van der Waals surface area contributed by atoms with Gasteiger partial charge in [0.15, 0.2) is 0 Å². The molecular formula is C15H23N3O2. The lowest BCUT2D eigenvalue weighted by molar-refractivity contribution is -0.117. The van der Waals surface area contributed by atoms with Gasteiger partial charge < -0.3 is 16.4 Å². The minimum atomic E-state index is -0.218. The molecule has 0 bridgehead atoms. The first-order valence-electron chi connectivity index (χ1n) is 6.61. The zero-order valence-corrected chi connectivity index (χ0v) is 12.5. The van der Waals surface area contributed by atoms with Crippen molar-refractivity contribution in [3.8, 4) is 0 Å². The summed E-state index contributed by atoms with van der Waals surface area (Å²) in [5, 5.41) is 5.31. The molecule has 5 heteroatoms. The average molecular weight is 277 g/mol. The van der Waals surface area contributed by atoms with Gasteiger partial charge in [0, 0.05) is 30.8 Å². The highest BCUT2D eigenvalue weighted by molar-refractivity contribution is 5.97. The summed E-state index contributed by atoms with van der Waals surface area (Å²) >= 11 is 0. The van der Waals surface area contributed by atoms with Crippen molar-refractivity contribution in [1.82, 2.24) is 5.32 Å². The highest BCUT2D eigenvalue weighted by Gasteiger charge is 2.23.